The van der Waals surface area contributed by atoms with E-state index in [1.807, 2.05) is 19.1 Å². The fourth-order valence-electron chi connectivity index (χ4n) is 6.30. The fraction of sp³-hybridized carbons (Fsp3) is 0.583. The molecule has 0 aliphatic heterocycles. The van der Waals surface area contributed by atoms with Crippen molar-refractivity contribution in [1.29, 1.82) is 0 Å². The highest BCUT2D eigenvalue weighted by Crippen LogP contribution is 2.61. The minimum absolute atomic E-state index is 0.0817. The van der Waals surface area contributed by atoms with Crippen molar-refractivity contribution in [2.45, 2.75) is 51.9 Å². The third kappa shape index (κ3) is 4.63. The van der Waals surface area contributed by atoms with Gasteiger partial charge in [0.1, 0.15) is 0 Å². The molecule has 4 aliphatic carbocycles. The third-order valence-corrected chi connectivity index (χ3v) is 6.94. The molecule has 1 aromatic carbocycles. The van der Waals surface area contributed by atoms with Crippen molar-refractivity contribution < 1.29 is 19.1 Å². The number of benzene rings is 1. The average Bonchev–Trinajstić information content (AvgIpc) is 2.70. The van der Waals surface area contributed by atoms with Gasteiger partial charge in [-0.3, -0.25) is 20.4 Å². The number of hydrogen-bond acceptors (Lipinski definition) is 4. The monoisotopic (exact) mass is 412 g/mol. The molecule has 5 rings (SSSR count). The van der Waals surface area contributed by atoms with Crippen LogP contribution in [0.4, 0.5) is 0 Å². The third-order valence-electron chi connectivity index (χ3n) is 6.94. The Morgan fingerprint density at radius 1 is 1.07 bits per heavy atom. The molecule has 162 valence electrons. The van der Waals surface area contributed by atoms with Crippen molar-refractivity contribution in [1.82, 2.24) is 10.9 Å². The van der Waals surface area contributed by atoms with Crippen molar-refractivity contribution in [2.24, 2.45) is 23.2 Å². The van der Waals surface area contributed by atoms with Crippen LogP contribution >= 0.6 is 0 Å². The molecule has 0 spiro atoms. The number of nitrogens with one attached hydrogen (secondary N) is 2. The SMILES string of the molecule is CCOc1cc(/C=C/C(=O)NNC(=O)CC23CC4CC(CC(C4)C2)C3)ccc1OC. The first kappa shape index (κ1) is 20.8. The van der Waals surface area contributed by atoms with E-state index in [2.05, 4.69) is 10.9 Å². The van der Waals surface area contributed by atoms with Crippen LogP contribution in [0.25, 0.3) is 6.08 Å². The minimum Gasteiger partial charge on any atom is -0.493 e. The Bertz CT molecular complexity index is 797. The molecule has 0 aromatic heterocycles. The summed E-state index contributed by atoms with van der Waals surface area (Å²) in [5.74, 6) is 3.28. The second-order valence-corrected chi connectivity index (χ2v) is 9.31. The summed E-state index contributed by atoms with van der Waals surface area (Å²) in [7, 11) is 1.59. The molecule has 30 heavy (non-hydrogen) atoms. The molecule has 0 unspecified atom stereocenters. The first-order chi connectivity index (χ1) is 14.5. The molecule has 0 radical (unpaired) electrons. The van der Waals surface area contributed by atoms with E-state index < -0.39 is 0 Å². The zero-order chi connectivity index (χ0) is 21.1. The maximum absolute atomic E-state index is 12.5. The Morgan fingerprint density at radius 2 is 1.73 bits per heavy atom. The average molecular weight is 413 g/mol. The quantitative estimate of drug-likeness (QED) is 0.527. The van der Waals surface area contributed by atoms with Gasteiger partial charge in [-0.1, -0.05) is 6.07 Å². The standard InChI is InChI=1S/C24H32N2O4/c1-3-30-21-11-16(4-6-20(21)29-2)5-7-22(27)25-26-23(28)15-24-12-17-8-18(13-24)10-19(9-17)14-24/h4-7,11,17-19H,3,8-10,12-15H2,1-2H3,(H,25,27)(H,26,28)/b7-5+. The van der Waals surface area contributed by atoms with Crippen molar-refractivity contribution in [3.05, 3.63) is 29.8 Å². The number of amides is 2. The number of hydrazine groups is 1. The fourth-order valence-corrected chi connectivity index (χ4v) is 6.30. The van der Waals surface area contributed by atoms with Crippen molar-refractivity contribution >= 4 is 17.9 Å². The normalized spacial score (nSPS) is 29.1. The van der Waals surface area contributed by atoms with E-state index in [4.69, 9.17) is 9.47 Å². The number of hydrogen-bond donors (Lipinski definition) is 2. The van der Waals surface area contributed by atoms with Gasteiger partial charge in [-0.25, -0.2) is 0 Å². The topological polar surface area (TPSA) is 76.7 Å². The Kier molecular flexibility index (Phi) is 6.02. The maximum Gasteiger partial charge on any atom is 0.262 e. The minimum atomic E-state index is -0.359. The predicted molar refractivity (Wildman–Crippen MR) is 115 cm³/mol. The Balaban J connectivity index is 1.27. The lowest BCUT2D eigenvalue weighted by molar-refractivity contribution is -0.133. The smallest absolute Gasteiger partial charge is 0.262 e. The van der Waals surface area contributed by atoms with E-state index >= 15 is 0 Å². The highest BCUT2D eigenvalue weighted by atomic mass is 16.5. The zero-order valence-electron chi connectivity index (χ0n) is 17.9. The number of carbonyl (C=O) groups is 2. The van der Waals surface area contributed by atoms with E-state index in [0.717, 1.165) is 23.3 Å². The van der Waals surface area contributed by atoms with Crippen molar-refractivity contribution in [3.63, 3.8) is 0 Å². The van der Waals surface area contributed by atoms with Gasteiger partial charge in [0.05, 0.1) is 13.7 Å². The lowest BCUT2D eigenvalue weighted by atomic mass is 9.49. The number of rotatable bonds is 7. The van der Waals surface area contributed by atoms with Gasteiger partial charge in [0.15, 0.2) is 11.5 Å². The molecule has 0 heterocycles. The van der Waals surface area contributed by atoms with Crippen LogP contribution in [0, 0.1) is 23.2 Å². The van der Waals surface area contributed by atoms with Gasteiger partial charge in [-0.05, 0) is 92.4 Å². The highest BCUT2D eigenvalue weighted by molar-refractivity contribution is 5.93. The van der Waals surface area contributed by atoms with Gasteiger partial charge >= 0.3 is 0 Å². The summed E-state index contributed by atoms with van der Waals surface area (Å²) in [6, 6.07) is 5.46. The second-order valence-electron chi connectivity index (χ2n) is 9.31. The Labute approximate surface area is 178 Å². The molecule has 0 atom stereocenters. The van der Waals surface area contributed by atoms with Gasteiger partial charge < -0.3 is 9.47 Å². The van der Waals surface area contributed by atoms with Crippen LogP contribution in [0.2, 0.25) is 0 Å². The Hall–Kier alpha value is -2.50. The molecular weight excluding hydrogens is 380 g/mol. The first-order valence-electron chi connectivity index (χ1n) is 11.1. The van der Waals surface area contributed by atoms with Crippen LogP contribution in [0.5, 0.6) is 11.5 Å². The summed E-state index contributed by atoms with van der Waals surface area (Å²) in [6.45, 7) is 2.43. The van der Waals surface area contributed by atoms with E-state index in [9.17, 15) is 9.59 Å². The van der Waals surface area contributed by atoms with Crippen LogP contribution in [-0.4, -0.2) is 25.5 Å². The Morgan fingerprint density at radius 3 is 2.33 bits per heavy atom. The largest absolute Gasteiger partial charge is 0.493 e. The van der Waals surface area contributed by atoms with Gasteiger partial charge in [0.2, 0.25) is 5.91 Å². The summed E-state index contributed by atoms with van der Waals surface area (Å²) in [5.41, 5.74) is 6.10. The van der Waals surface area contributed by atoms with Gasteiger partial charge in [-0.2, -0.15) is 0 Å². The van der Waals surface area contributed by atoms with Crippen LogP contribution in [0.15, 0.2) is 24.3 Å². The van der Waals surface area contributed by atoms with Crippen LogP contribution in [-0.2, 0) is 9.59 Å². The van der Waals surface area contributed by atoms with Crippen LogP contribution in [0.3, 0.4) is 0 Å². The van der Waals surface area contributed by atoms with Crippen LogP contribution < -0.4 is 20.3 Å². The van der Waals surface area contributed by atoms with Gasteiger partial charge in [-0.15, -0.1) is 0 Å². The molecule has 1 aromatic rings. The van der Waals surface area contributed by atoms with E-state index in [-0.39, 0.29) is 17.2 Å². The molecule has 0 saturated heterocycles. The molecule has 4 fully saturated rings. The number of methoxy groups -OCH3 is 1. The molecule has 2 N–H and O–H groups in total. The lowest BCUT2D eigenvalue weighted by Gasteiger charge is -2.56. The molecule has 2 amide bonds. The lowest BCUT2D eigenvalue weighted by Crippen LogP contribution is -2.49. The van der Waals surface area contributed by atoms with E-state index in [1.54, 1.807) is 19.3 Å². The van der Waals surface area contributed by atoms with Crippen molar-refractivity contribution in [3.8, 4) is 11.5 Å². The molecule has 6 nitrogen and oxygen atoms in total. The van der Waals surface area contributed by atoms with E-state index in [0.29, 0.717) is 24.5 Å². The summed E-state index contributed by atoms with van der Waals surface area (Å²) >= 11 is 0. The predicted octanol–water partition coefficient (Wildman–Crippen LogP) is 3.86. The summed E-state index contributed by atoms with van der Waals surface area (Å²) in [6.07, 6.45) is 11.2. The highest BCUT2D eigenvalue weighted by Gasteiger charge is 2.51. The van der Waals surface area contributed by atoms with Gasteiger partial charge in [0.25, 0.3) is 5.91 Å². The molecule has 4 aliphatic rings. The molecular formula is C24H32N2O4. The molecule has 4 bridgehead atoms. The molecule has 6 heteroatoms. The zero-order valence-corrected chi connectivity index (χ0v) is 17.9. The number of ether oxygens (including phenoxy) is 2. The van der Waals surface area contributed by atoms with Crippen LogP contribution in [0.1, 0.15) is 57.4 Å². The maximum atomic E-state index is 12.5. The molecule has 4 saturated carbocycles. The second kappa shape index (κ2) is 8.70. The van der Waals surface area contributed by atoms with Crippen molar-refractivity contribution in [2.75, 3.05) is 13.7 Å². The number of carbonyl (C=O) groups excluding carboxylic acids is 2. The summed E-state index contributed by atoms with van der Waals surface area (Å²) in [4.78, 5) is 24.7. The summed E-state index contributed by atoms with van der Waals surface area (Å²) < 4.78 is 10.8. The van der Waals surface area contributed by atoms with Gasteiger partial charge in [0, 0.05) is 12.5 Å². The first-order valence-corrected chi connectivity index (χ1v) is 11.1. The van der Waals surface area contributed by atoms with E-state index in [1.165, 1.54) is 44.6 Å². The summed E-state index contributed by atoms with van der Waals surface area (Å²) in [5, 5.41) is 0.